The average molecular weight is 382 g/mol. The van der Waals surface area contributed by atoms with Gasteiger partial charge in [-0.1, -0.05) is 32.0 Å². The summed E-state index contributed by atoms with van der Waals surface area (Å²) in [7, 11) is 0. The van der Waals surface area contributed by atoms with Gasteiger partial charge in [0.2, 0.25) is 0 Å². The molecule has 3 rings (SSSR count). The summed E-state index contributed by atoms with van der Waals surface area (Å²) in [5.74, 6) is -1.31. The lowest BCUT2D eigenvalue weighted by Gasteiger charge is -2.16. The second-order valence-corrected chi connectivity index (χ2v) is 6.68. The fourth-order valence-corrected chi connectivity index (χ4v) is 2.76. The summed E-state index contributed by atoms with van der Waals surface area (Å²) in [4.78, 5) is 20.7. The van der Waals surface area contributed by atoms with Gasteiger partial charge in [-0.3, -0.25) is 4.79 Å². The molecule has 0 spiro atoms. The van der Waals surface area contributed by atoms with Crippen molar-refractivity contribution in [2.24, 2.45) is 0 Å². The van der Waals surface area contributed by atoms with Gasteiger partial charge in [0.25, 0.3) is 5.91 Å². The minimum absolute atomic E-state index is 0.0642. The lowest BCUT2D eigenvalue weighted by atomic mass is 9.98. The minimum atomic E-state index is -0.746. The van der Waals surface area contributed by atoms with Crippen LogP contribution in [0.5, 0.6) is 0 Å². The molecule has 1 aromatic heterocycles. The molecule has 7 heteroatoms. The summed E-state index contributed by atoms with van der Waals surface area (Å²) in [5, 5.41) is 5.60. The molecule has 0 radical (unpaired) electrons. The van der Waals surface area contributed by atoms with E-state index < -0.39 is 11.6 Å². The molecule has 1 heterocycles. The second kappa shape index (κ2) is 8.12. The number of anilines is 3. The fourth-order valence-electron chi connectivity index (χ4n) is 2.76. The highest BCUT2D eigenvalue weighted by molar-refractivity contribution is 6.03. The van der Waals surface area contributed by atoms with Crippen molar-refractivity contribution in [2.75, 3.05) is 10.6 Å². The van der Waals surface area contributed by atoms with Gasteiger partial charge in [-0.25, -0.2) is 18.7 Å². The summed E-state index contributed by atoms with van der Waals surface area (Å²) in [5.41, 5.74) is 2.95. The van der Waals surface area contributed by atoms with Gasteiger partial charge in [-0.05, 0) is 36.1 Å². The summed E-state index contributed by atoms with van der Waals surface area (Å²) >= 11 is 0. The number of aromatic nitrogens is 2. The number of hydrogen-bond acceptors (Lipinski definition) is 4. The van der Waals surface area contributed by atoms with E-state index in [1.807, 2.05) is 25.1 Å². The standard InChI is InChI=1S/C21H20F2N4O/c1-12(2)15-6-4-5-13(3)20(15)27-21(28)18-10-25-19(11-24-18)26-17-8-7-14(22)9-16(17)23/h4-12H,1-3H3,(H,25,26)(H,27,28). The molecular weight excluding hydrogens is 362 g/mol. The SMILES string of the molecule is Cc1cccc(C(C)C)c1NC(=O)c1cnc(Nc2ccc(F)cc2F)cn1. The summed E-state index contributed by atoms with van der Waals surface area (Å²) in [6.45, 7) is 6.04. The maximum absolute atomic E-state index is 13.7. The van der Waals surface area contributed by atoms with E-state index in [0.717, 1.165) is 28.9 Å². The van der Waals surface area contributed by atoms with Gasteiger partial charge in [-0.2, -0.15) is 0 Å². The summed E-state index contributed by atoms with van der Waals surface area (Å²) < 4.78 is 26.7. The molecule has 1 amide bonds. The number of amides is 1. The monoisotopic (exact) mass is 382 g/mol. The van der Waals surface area contributed by atoms with E-state index in [4.69, 9.17) is 0 Å². The predicted molar refractivity (Wildman–Crippen MR) is 105 cm³/mol. The van der Waals surface area contributed by atoms with Crippen molar-refractivity contribution in [3.05, 3.63) is 77.2 Å². The molecule has 0 fully saturated rings. The van der Waals surface area contributed by atoms with E-state index >= 15 is 0 Å². The molecule has 5 nitrogen and oxygen atoms in total. The van der Waals surface area contributed by atoms with Crippen molar-refractivity contribution in [1.29, 1.82) is 0 Å². The van der Waals surface area contributed by atoms with Gasteiger partial charge in [0.15, 0.2) is 0 Å². The van der Waals surface area contributed by atoms with Gasteiger partial charge in [0.1, 0.15) is 23.1 Å². The van der Waals surface area contributed by atoms with Crippen LogP contribution in [-0.4, -0.2) is 15.9 Å². The van der Waals surface area contributed by atoms with Crippen LogP contribution in [0.4, 0.5) is 26.0 Å². The molecule has 3 aromatic rings. The largest absolute Gasteiger partial charge is 0.337 e. The molecule has 0 atom stereocenters. The Morgan fingerprint density at radius 3 is 2.50 bits per heavy atom. The van der Waals surface area contributed by atoms with Crippen LogP contribution in [0.25, 0.3) is 0 Å². The minimum Gasteiger partial charge on any atom is -0.337 e. The zero-order valence-corrected chi connectivity index (χ0v) is 15.8. The third-order valence-corrected chi connectivity index (χ3v) is 4.24. The number of halogens is 2. The molecule has 2 aromatic carbocycles. The molecule has 0 bridgehead atoms. The third-order valence-electron chi connectivity index (χ3n) is 4.24. The van der Waals surface area contributed by atoms with E-state index in [1.54, 1.807) is 0 Å². The van der Waals surface area contributed by atoms with Crippen molar-refractivity contribution in [3.8, 4) is 0 Å². The molecular formula is C21H20F2N4O. The Labute approximate surface area is 161 Å². The normalized spacial score (nSPS) is 10.8. The van der Waals surface area contributed by atoms with Crippen molar-refractivity contribution in [3.63, 3.8) is 0 Å². The number of benzene rings is 2. The van der Waals surface area contributed by atoms with Crippen molar-refractivity contribution in [1.82, 2.24) is 9.97 Å². The third kappa shape index (κ3) is 4.31. The van der Waals surface area contributed by atoms with Crippen LogP contribution in [-0.2, 0) is 0 Å². The molecule has 2 N–H and O–H groups in total. The quantitative estimate of drug-likeness (QED) is 0.638. The van der Waals surface area contributed by atoms with E-state index in [-0.39, 0.29) is 29.0 Å². The molecule has 144 valence electrons. The predicted octanol–water partition coefficient (Wildman–Crippen LogP) is 5.18. The number of rotatable bonds is 5. The number of aryl methyl sites for hydroxylation is 1. The maximum Gasteiger partial charge on any atom is 0.275 e. The van der Waals surface area contributed by atoms with E-state index in [9.17, 15) is 13.6 Å². The van der Waals surface area contributed by atoms with Crippen LogP contribution in [0.15, 0.2) is 48.8 Å². The Kier molecular flexibility index (Phi) is 5.63. The van der Waals surface area contributed by atoms with Gasteiger partial charge in [0, 0.05) is 11.8 Å². The summed E-state index contributed by atoms with van der Waals surface area (Å²) in [6.07, 6.45) is 2.62. The highest BCUT2D eigenvalue weighted by Crippen LogP contribution is 2.27. The van der Waals surface area contributed by atoms with Crippen LogP contribution in [0.2, 0.25) is 0 Å². The fraction of sp³-hybridized carbons (Fsp3) is 0.190. The van der Waals surface area contributed by atoms with E-state index in [1.165, 1.54) is 18.5 Å². The van der Waals surface area contributed by atoms with Crippen LogP contribution >= 0.6 is 0 Å². The number of carbonyl (C=O) groups excluding carboxylic acids is 1. The molecule has 0 aliphatic carbocycles. The van der Waals surface area contributed by atoms with Crippen LogP contribution in [0.3, 0.4) is 0 Å². The Morgan fingerprint density at radius 1 is 1.07 bits per heavy atom. The van der Waals surface area contributed by atoms with Crippen LogP contribution in [0.1, 0.15) is 41.4 Å². The lowest BCUT2D eigenvalue weighted by Crippen LogP contribution is -2.16. The topological polar surface area (TPSA) is 66.9 Å². The Hall–Kier alpha value is -3.35. The number of hydrogen-bond donors (Lipinski definition) is 2. The maximum atomic E-state index is 13.7. The molecule has 0 unspecified atom stereocenters. The van der Waals surface area contributed by atoms with Crippen molar-refractivity contribution in [2.45, 2.75) is 26.7 Å². The van der Waals surface area contributed by atoms with Crippen LogP contribution in [0, 0.1) is 18.6 Å². The molecule has 0 saturated heterocycles. The molecule has 28 heavy (non-hydrogen) atoms. The smallest absolute Gasteiger partial charge is 0.275 e. The first kappa shape index (κ1) is 19.4. The molecule has 0 aliphatic heterocycles. The highest BCUT2D eigenvalue weighted by Gasteiger charge is 2.15. The zero-order chi connectivity index (χ0) is 20.3. The molecule has 0 saturated carbocycles. The van der Waals surface area contributed by atoms with Crippen molar-refractivity contribution >= 4 is 23.1 Å². The first-order valence-corrected chi connectivity index (χ1v) is 8.80. The van der Waals surface area contributed by atoms with Gasteiger partial charge in [0.05, 0.1) is 18.1 Å². The Morgan fingerprint density at radius 2 is 1.86 bits per heavy atom. The first-order valence-electron chi connectivity index (χ1n) is 8.80. The van der Waals surface area contributed by atoms with E-state index in [2.05, 4.69) is 34.4 Å². The van der Waals surface area contributed by atoms with Crippen LogP contribution < -0.4 is 10.6 Å². The van der Waals surface area contributed by atoms with Gasteiger partial charge >= 0.3 is 0 Å². The highest BCUT2D eigenvalue weighted by atomic mass is 19.1. The average Bonchev–Trinajstić information content (AvgIpc) is 2.66. The van der Waals surface area contributed by atoms with Crippen molar-refractivity contribution < 1.29 is 13.6 Å². The zero-order valence-electron chi connectivity index (χ0n) is 15.8. The number of carbonyl (C=O) groups is 1. The van der Waals surface area contributed by atoms with Gasteiger partial charge < -0.3 is 10.6 Å². The Bertz CT molecular complexity index is 1000. The number of para-hydroxylation sites is 1. The lowest BCUT2D eigenvalue weighted by molar-refractivity contribution is 0.102. The Balaban J connectivity index is 1.76. The van der Waals surface area contributed by atoms with Gasteiger partial charge in [-0.15, -0.1) is 0 Å². The molecule has 0 aliphatic rings. The van der Waals surface area contributed by atoms with E-state index in [0.29, 0.717) is 0 Å². The second-order valence-electron chi connectivity index (χ2n) is 6.68. The number of nitrogens with zero attached hydrogens (tertiary/aromatic N) is 2. The summed E-state index contributed by atoms with van der Waals surface area (Å²) in [6, 6.07) is 9.02. The first-order chi connectivity index (χ1) is 13.3. The number of nitrogens with one attached hydrogen (secondary N) is 2.